The largest absolute Gasteiger partial charge is 0.493 e. The van der Waals surface area contributed by atoms with E-state index in [-0.39, 0.29) is 11.8 Å². The number of carboxylic acid groups (broad SMARTS) is 1. The van der Waals surface area contributed by atoms with Crippen LogP contribution in [0.5, 0.6) is 5.75 Å². The number of amides is 1. The summed E-state index contributed by atoms with van der Waals surface area (Å²) in [7, 11) is 0. The second-order valence-electron chi connectivity index (χ2n) is 5.26. The van der Waals surface area contributed by atoms with Gasteiger partial charge in [-0.05, 0) is 36.1 Å². The van der Waals surface area contributed by atoms with Gasteiger partial charge < -0.3 is 15.2 Å². The lowest BCUT2D eigenvalue weighted by Gasteiger charge is -2.19. The zero-order valence-corrected chi connectivity index (χ0v) is 12.4. The van der Waals surface area contributed by atoms with Gasteiger partial charge in [0, 0.05) is 12.3 Å². The third-order valence-electron chi connectivity index (χ3n) is 3.94. The number of hydrogen-bond acceptors (Lipinski definition) is 3. The topological polar surface area (TPSA) is 75.6 Å². The maximum atomic E-state index is 12.1. The summed E-state index contributed by atoms with van der Waals surface area (Å²) in [5, 5.41) is 12.1. The Hall–Kier alpha value is -2.04. The van der Waals surface area contributed by atoms with Crippen LogP contribution in [0, 0.1) is 5.92 Å². The molecule has 0 saturated heterocycles. The number of nitrogens with one attached hydrogen (secondary N) is 1. The lowest BCUT2D eigenvalue weighted by molar-refractivity contribution is -0.142. The Morgan fingerprint density at radius 1 is 1.33 bits per heavy atom. The molecular weight excluding hydrogens is 270 g/mol. The maximum Gasteiger partial charge on any atom is 0.330 e. The van der Waals surface area contributed by atoms with Crippen LogP contribution in [0.1, 0.15) is 43.9 Å². The van der Waals surface area contributed by atoms with E-state index in [9.17, 15) is 14.7 Å². The summed E-state index contributed by atoms with van der Waals surface area (Å²) in [4.78, 5) is 23.6. The Morgan fingerprint density at radius 3 is 2.67 bits per heavy atom. The highest BCUT2D eigenvalue weighted by molar-refractivity contribution is 5.85. The molecule has 1 aliphatic rings. The minimum absolute atomic E-state index is 0.149. The van der Waals surface area contributed by atoms with Crippen molar-refractivity contribution in [3.8, 4) is 5.75 Å². The summed E-state index contributed by atoms with van der Waals surface area (Å²) in [5.74, 6) is -0.601. The molecule has 0 fully saturated rings. The van der Waals surface area contributed by atoms with E-state index in [1.165, 1.54) is 0 Å². The first-order valence-corrected chi connectivity index (χ1v) is 7.35. The molecule has 1 atom stereocenters. The van der Waals surface area contributed by atoms with E-state index in [4.69, 9.17) is 4.74 Å². The molecule has 1 aromatic rings. The highest BCUT2D eigenvalue weighted by Gasteiger charge is 2.26. The predicted octanol–water partition coefficient (Wildman–Crippen LogP) is 2.30. The van der Waals surface area contributed by atoms with Gasteiger partial charge in [-0.25, -0.2) is 4.79 Å². The summed E-state index contributed by atoms with van der Waals surface area (Å²) in [6, 6.07) is 4.28. The molecule has 5 heteroatoms. The number of carbonyl (C=O) groups excluding carboxylic acids is 1. The first kappa shape index (κ1) is 15.4. The fourth-order valence-electron chi connectivity index (χ4n) is 2.59. The zero-order chi connectivity index (χ0) is 15.4. The molecule has 0 bridgehead atoms. The molecular formula is C16H21NO4. The molecule has 1 aromatic carbocycles. The van der Waals surface area contributed by atoms with Crippen molar-refractivity contribution in [1.29, 1.82) is 0 Å². The molecule has 0 aromatic heterocycles. The van der Waals surface area contributed by atoms with Crippen LogP contribution in [0.15, 0.2) is 18.2 Å². The summed E-state index contributed by atoms with van der Waals surface area (Å²) in [6.45, 7) is 4.48. The van der Waals surface area contributed by atoms with Crippen molar-refractivity contribution < 1.29 is 19.4 Å². The number of benzene rings is 1. The first-order chi connectivity index (χ1) is 10.1. The zero-order valence-electron chi connectivity index (χ0n) is 12.4. The lowest BCUT2D eigenvalue weighted by atomic mass is 9.99. The van der Waals surface area contributed by atoms with E-state index in [1.54, 1.807) is 12.1 Å². The van der Waals surface area contributed by atoms with Crippen LogP contribution < -0.4 is 10.1 Å². The van der Waals surface area contributed by atoms with E-state index in [2.05, 4.69) is 5.32 Å². The summed E-state index contributed by atoms with van der Waals surface area (Å²) in [5.41, 5.74) is 1.58. The van der Waals surface area contributed by atoms with Gasteiger partial charge in [0.25, 0.3) is 0 Å². The summed E-state index contributed by atoms with van der Waals surface area (Å²) < 4.78 is 5.41. The normalized spacial score (nSPS) is 14.4. The molecule has 1 aliphatic heterocycles. The smallest absolute Gasteiger partial charge is 0.330 e. The average Bonchev–Trinajstić information content (AvgIpc) is 2.93. The Balaban J connectivity index is 2.19. The van der Waals surface area contributed by atoms with Crippen LogP contribution in [0.2, 0.25) is 0 Å². The molecule has 114 valence electrons. The molecule has 0 spiro atoms. The van der Waals surface area contributed by atoms with Crippen LogP contribution in [0.3, 0.4) is 0 Å². The van der Waals surface area contributed by atoms with E-state index < -0.39 is 12.0 Å². The van der Waals surface area contributed by atoms with Gasteiger partial charge in [-0.1, -0.05) is 19.9 Å². The summed E-state index contributed by atoms with van der Waals surface area (Å²) in [6.07, 6.45) is 2.18. The SMILES string of the molecule is CCC(CC)C(=O)NC(C(=O)O)c1ccc2c(c1)CCO2. The fraction of sp³-hybridized carbons (Fsp3) is 0.500. The number of carboxylic acids is 1. The van der Waals surface area contributed by atoms with Crippen molar-refractivity contribution in [2.24, 2.45) is 5.92 Å². The minimum Gasteiger partial charge on any atom is -0.493 e. The second kappa shape index (κ2) is 6.61. The first-order valence-electron chi connectivity index (χ1n) is 7.35. The minimum atomic E-state index is -1.05. The van der Waals surface area contributed by atoms with Crippen molar-refractivity contribution in [2.75, 3.05) is 6.61 Å². The predicted molar refractivity (Wildman–Crippen MR) is 78.2 cm³/mol. The average molecular weight is 291 g/mol. The molecule has 21 heavy (non-hydrogen) atoms. The number of rotatable bonds is 6. The number of fused-ring (bicyclic) bond motifs is 1. The molecule has 1 amide bonds. The molecule has 0 aliphatic carbocycles. The van der Waals surface area contributed by atoms with Crippen molar-refractivity contribution in [3.63, 3.8) is 0 Å². The lowest BCUT2D eigenvalue weighted by Crippen LogP contribution is -2.37. The quantitative estimate of drug-likeness (QED) is 0.843. The third kappa shape index (κ3) is 3.35. The van der Waals surface area contributed by atoms with Gasteiger partial charge in [0.2, 0.25) is 5.91 Å². The number of hydrogen-bond donors (Lipinski definition) is 2. The molecule has 0 radical (unpaired) electrons. The molecule has 0 saturated carbocycles. The molecule has 1 heterocycles. The van der Waals surface area contributed by atoms with Crippen molar-refractivity contribution in [3.05, 3.63) is 29.3 Å². The standard InChI is InChI=1S/C16H21NO4/c1-3-10(4-2)15(18)17-14(16(19)20)12-5-6-13-11(9-12)7-8-21-13/h5-6,9-10,14H,3-4,7-8H2,1-2H3,(H,17,18)(H,19,20). The van der Waals surface area contributed by atoms with Crippen LogP contribution in [-0.4, -0.2) is 23.6 Å². The maximum absolute atomic E-state index is 12.1. The summed E-state index contributed by atoms with van der Waals surface area (Å²) >= 11 is 0. The highest BCUT2D eigenvalue weighted by atomic mass is 16.5. The Morgan fingerprint density at radius 2 is 2.05 bits per heavy atom. The van der Waals surface area contributed by atoms with Gasteiger partial charge in [-0.2, -0.15) is 0 Å². The van der Waals surface area contributed by atoms with Gasteiger partial charge in [-0.15, -0.1) is 0 Å². The third-order valence-corrected chi connectivity index (χ3v) is 3.94. The second-order valence-corrected chi connectivity index (χ2v) is 5.26. The molecule has 1 unspecified atom stereocenters. The van der Waals surface area contributed by atoms with Crippen LogP contribution in [0.4, 0.5) is 0 Å². The van der Waals surface area contributed by atoms with Gasteiger partial charge in [-0.3, -0.25) is 4.79 Å². The Bertz CT molecular complexity index is 537. The van der Waals surface area contributed by atoms with Crippen molar-refractivity contribution in [1.82, 2.24) is 5.32 Å². The van der Waals surface area contributed by atoms with Gasteiger partial charge in [0.15, 0.2) is 6.04 Å². The molecule has 5 nitrogen and oxygen atoms in total. The van der Waals surface area contributed by atoms with Gasteiger partial charge in [0.1, 0.15) is 5.75 Å². The van der Waals surface area contributed by atoms with Gasteiger partial charge >= 0.3 is 5.97 Å². The fourth-order valence-corrected chi connectivity index (χ4v) is 2.59. The Kier molecular flexibility index (Phi) is 4.83. The van der Waals surface area contributed by atoms with E-state index >= 15 is 0 Å². The van der Waals surface area contributed by atoms with Crippen LogP contribution in [-0.2, 0) is 16.0 Å². The monoisotopic (exact) mass is 291 g/mol. The number of carbonyl (C=O) groups is 2. The molecule has 2 N–H and O–H groups in total. The van der Waals surface area contributed by atoms with E-state index in [0.29, 0.717) is 25.0 Å². The number of aliphatic carboxylic acids is 1. The van der Waals surface area contributed by atoms with E-state index in [0.717, 1.165) is 17.7 Å². The Labute approximate surface area is 124 Å². The van der Waals surface area contributed by atoms with Gasteiger partial charge in [0.05, 0.1) is 6.61 Å². The number of ether oxygens (including phenoxy) is 1. The van der Waals surface area contributed by atoms with Crippen molar-refractivity contribution in [2.45, 2.75) is 39.2 Å². The van der Waals surface area contributed by atoms with Crippen LogP contribution >= 0.6 is 0 Å². The molecule has 2 rings (SSSR count). The highest BCUT2D eigenvalue weighted by Crippen LogP contribution is 2.28. The van der Waals surface area contributed by atoms with E-state index in [1.807, 2.05) is 19.9 Å². The van der Waals surface area contributed by atoms with Crippen LogP contribution in [0.25, 0.3) is 0 Å². The van der Waals surface area contributed by atoms with Crippen molar-refractivity contribution >= 4 is 11.9 Å².